The van der Waals surface area contributed by atoms with Gasteiger partial charge in [-0.15, -0.1) is 0 Å². The van der Waals surface area contributed by atoms with E-state index in [2.05, 4.69) is 21.3 Å². The molecule has 0 aliphatic carbocycles. The first-order valence-electron chi connectivity index (χ1n) is 11.8. The summed E-state index contributed by atoms with van der Waals surface area (Å²) in [5, 5.41) is 11.0. The molecule has 0 saturated carbocycles. The summed E-state index contributed by atoms with van der Waals surface area (Å²) in [5.74, 6) is -0.878. The lowest BCUT2D eigenvalue weighted by Gasteiger charge is -2.09. The number of benzene rings is 2. The fraction of sp³-hybridized carbons (Fsp3) is 0.385. The molecule has 0 unspecified atom stereocenters. The summed E-state index contributed by atoms with van der Waals surface area (Å²) in [4.78, 5) is 48.8. The minimum Gasteiger partial charge on any atom is -0.383 e. The molecule has 0 aromatic heterocycles. The number of anilines is 2. The van der Waals surface area contributed by atoms with E-state index in [0.29, 0.717) is 61.6 Å². The molecule has 36 heavy (non-hydrogen) atoms. The number of unbranched alkanes of at least 4 members (excludes halogenated alkanes) is 1. The van der Waals surface area contributed by atoms with Gasteiger partial charge in [-0.2, -0.15) is 0 Å². The Bertz CT molecular complexity index is 945. The van der Waals surface area contributed by atoms with Crippen LogP contribution in [0.25, 0.3) is 0 Å². The molecule has 0 saturated heterocycles. The van der Waals surface area contributed by atoms with Crippen LogP contribution in [0.2, 0.25) is 0 Å². The second kappa shape index (κ2) is 16.0. The van der Waals surface area contributed by atoms with Gasteiger partial charge in [0.15, 0.2) is 0 Å². The van der Waals surface area contributed by atoms with E-state index in [-0.39, 0.29) is 36.5 Å². The van der Waals surface area contributed by atoms with Crippen molar-refractivity contribution >= 4 is 35.0 Å². The minimum atomic E-state index is -0.244. The molecular formula is C26H34N4O6. The van der Waals surface area contributed by atoms with Gasteiger partial charge in [0, 0.05) is 62.7 Å². The van der Waals surface area contributed by atoms with E-state index in [9.17, 15) is 19.2 Å². The molecule has 2 aromatic rings. The average molecular weight is 499 g/mol. The Balaban J connectivity index is 1.71. The number of carbonyl (C=O) groups excluding carboxylic acids is 4. The Morgan fingerprint density at radius 2 is 1.08 bits per heavy atom. The van der Waals surface area contributed by atoms with Gasteiger partial charge in [0.25, 0.3) is 11.8 Å². The molecule has 10 heteroatoms. The van der Waals surface area contributed by atoms with E-state index in [4.69, 9.17) is 9.47 Å². The predicted molar refractivity (Wildman–Crippen MR) is 137 cm³/mol. The fourth-order valence-corrected chi connectivity index (χ4v) is 3.23. The standard InChI is InChI=1S/C26H34N4O6/c1-35-15-13-27-25(33)19-7-5-9-21(17-19)29-23(31)11-3-4-12-24(32)30-22-10-6-8-20(18-22)26(34)28-14-16-36-2/h5-10,17-18H,3-4,11-16H2,1-2H3,(H,27,33)(H,28,34)(H,29,31)(H,30,32). The monoisotopic (exact) mass is 498 g/mol. The van der Waals surface area contributed by atoms with Gasteiger partial charge in [0.05, 0.1) is 13.2 Å². The number of rotatable bonds is 15. The maximum absolute atomic E-state index is 12.3. The molecule has 2 aromatic carbocycles. The summed E-state index contributed by atoms with van der Waals surface area (Å²) in [7, 11) is 3.11. The molecule has 0 aliphatic heterocycles. The highest BCUT2D eigenvalue weighted by Gasteiger charge is 2.10. The number of carbonyl (C=O) groups is 4. The number of nitrogens with one attached hydrogen (secondary N) is 4. The second-order valence-electron chi connectivity index (χ2n) is 7.96. The highest BCUT2D eigenvalue weighted by molar-refractivity contribution is 5.98. The molecule has 194 valence electrons. The third-order valence-corrected chi connectivity index (χ3v) is 5.06. The van der Waals surface area contributed by atoms with Gasteiger partial charge in [0.2, 0.25) is 11.8 Å². The highest BCUT2D eigenvalue weighted by Crippen LogP contribution is 2.14. The van der Waals surface area contributed by atoms with Crippen LogP contribution in [0.5, 0.6) is 0 Å². The number of ether oxygens (including phenoxy) is 2. The first-order chi connectivity index (χ1) is 17.4. The van der Waals surface area contributed by atoms with Crippen LogP contribution in [0, 0.1) is 0 Å². The third kappa shape index (κ3) is 10.7. The van der Waals surface area contributed by atoms with Crippen molar-refractivity contribution in [2.24, 2.45) is 0 Å². The smallest absolute Gasteiger partial charge is 0.251 e. The molecule has 0 bridgehead atoms. The third-order valence-electron chi connectivity index (χ3n) is 5.06. The molecule has 2 rings (SSSR count). The van der Waals surface area contributed by atoms with Crippen LogP contribution in [-0.2, 0) is 19.1 Å². The van der Waals surface area contributed by atoms with E-state index in [1.807, 2.05) is 0 Å². The summed E-state index contributed by atoms with van der Waals surface area (Å²) >= 11 is 0. The predicted octanol–water partition coefficient (Wildman–Crippen LogP) is 2.58. The van der Waals surface area contributed by atoms with Crippen LogP contribution in [0.3, 0.4) is 0 Å². The Kier molecular flexibility index (Phi) is 12.7. The van der Waals surface area contributed by atoms with Crippen molar-refractivity contribution in [2.75, 3.05) is 51.2 Å². The number of hydrogen-bond acceptors (Lipinski definition) is 6. The van der Waals surface area contributed by atoms with Crippen molar-refractivity contribution in [3.63, 3.8) is 0 Å². The summed E-state index contributed by atoms with van der Waals surface area (Å²) in [6, 6.07) is 13.4. The maximum atomic E-state index is 12.3. The van der Waals surface area contributed by atoms with E-state index in [1.165, 1.54) is 0 Å². The first kappa shape index (κ1) is 28.5. The van der Waals surface area contributed by atoms with Gasteiger partial charge in [-0.05, 0) is 49.2 Å². The Labute approximate surface area is 211 Å². The van der Waals surface area contributed by atoms with Crippen molar-refractivity contribution in [1.82, 2.24) is 10.6 Å². The Hall–Kier alpha value is -3.76. The molecule has 0 heterocycles. The number of methoxy groups -OCH3 is 2. The molecule has 4 amide bonds. The van der Waals surface area contributed by atoms with Gasteiger partial charge in [-0.3, -0.25) is 19.2 Å². The minimum absolute atomic E-state index is 0.195. The molecule has 0 radical (unpaired) electrons. The zero-order chi connectivity index (χ0) is 26.2. The number of amides is 4. The average Bonchev–Trinajstić information content (AvgIpc) is 2.87. The van der Waals surface area contributed by atoms with E-state index in [1.54, 1.807) is 62.8 Å². The lowest BCUT2D eigenvalue weighted by atomic mass is 10.1. The van der Waals surface area contributed by atoms with Crippen molar-refractivity contribution in [3.8, 4) is 0 Å². The molecular weight excluding hydrogens is 464 g/mol. The lowest BCUT2D eigenvalue weighted by molar-refractivity contribution is -0.118. The van der Waals surface area contributed by atoms with Crippen molar-refractivity contribution < 1.29 is 28.7 Å². The zero-order valence-corrected chi connectivity index (χ0v) is 20.7. The van der Waals surface area contributed by atoms with Gasteiger partial charge >= 0.3 is 0 Å². The lowest BCUT2D eigenvalue weighted by Crippen LogP contribution is -2.27. The van der Waals surface area contributed by atoms with Crippen LogP contribution >= 0.6 is 0 Å². The summed E-state index contributed by atoms with van der Waals surface area (Å²) in [6.45, 7) is 1.63. The molecule has 0 aliphatic rings. The molecule has 0 spiro atoms. The maximum Gasteiger partial charge on any atom is 0.251 e. The highest BCUT2D eigenvalue weighted by atomic mass is 16.5. The molecule has 4 N–H and O–H groups in total. The SMILES string of the molecule is COCCNC(=O)c1cccc(NC(=O)CCCCC(=O)Nc2cccc(C(=O)NCCOC)c2)c1. The number of hydrogen-bond donors (Lipinski definition) is 4. The molecule has 0 fully saturated rings. The van der Waals surface area contributed by atoms with Crippen LogP contribution in [-0.4, -0.2) is 64.2 Å². The second-order valence-corrected chi connectivity index (χ2v) is 7.96. The summed E-state index contributed by atoms with van der Waals surface area (Å²) < 4.78 is 9.82. The van der Waals surface area contributed by atoms with Gasteiger partial charge < -0.3 is 30.7 Å². The first-order valence-corrected chi connectivity index (χ1v) is 11.8. The van der Waals surface area contributed by atoms with Crippen LogP contribution < -0.4 is 21.3 Å². The normalized spacial score (nSPS) is 10.4. The van der Waals surface area contributed by atoms with E-state index in [0.717, 1.165) is 0 Å². The van der Waals surface area contributed by atoms with Crippen molar-refractivity contribution in [3.05, 3.63) is 59.7 Å². The zero-order valence-electron chi connectivity index (χ0n) is 20.7. The van der Waals surface area contributed by atoms with Crippen LogP contribution in [0.1, 0.15) is 46.4 Å². The largest absolute Gasteiger partial charge is 0.383 e. The Morgan fingerprint density at radius 3 is 1.47 bits per heavy atom. The Morgan fingerprint density at radius 1 is 0.667 bits per heavy atom. The van der Waals surface area contributed by atoms with Crippen molar-refractivity contribution in [1.29, 1.82) is 0 Å². The van der Waals surface area contributed by atoms with E-state index >= 15 is 0 Å². The van der Waals surface area contributed by atoms with Crippen molar-refractivity contribution in [2.45, 2.75) is 25.7 Å². The van der Waals surface area contributed by atoms with Crippen LogP contribution in [0.4, 0.5) is 11.4 Å². The molecule has 10 nitrogen and oxygen atoms in total. The van der Waals surface area contributed by atoms with Crippen LogP contribution in [0.15, 0.2) is 48.5 Å². The molecule has 0 atom stereocenters. The van der Waals surface area contributed by atoms with Gasteiger partial charge in [0.1, 0.15) is 0 Å². The summed E-state index contributed by atoms with van der Waals surface area (Å²) in [6.07, 6.45) is 1.54. The van der Waals surface area contributed by atoms with Gasteiger partial charge in [-0.25, -0.2) is 0 Å². The van der Waals surface area contributed by atoms with Gasteiger partial charge in [-0.1, -0.05) is 12.1 Å². The topological polar surface area (TPSA) is 135 Å². The summed E-state index contributed by atoms with van der Waals surface area (Å²) in [5.41, 5.74) is 1.95. The fourth-order valence-electron chi connectivity index (χ4n) is 3.23. The quantitative estimate of drug-likeness (QED) is 0.279. The van der Waals surface area contributed by atoms with E-state index < -0.39 is 0 Å².